The SMILES string of the molecule is CCCNC(=O)C(C)Sc1nnc(-c2ccccc2)o1. The van der Waals surface area contributed by atoms with Crippen LogP contribution in [0.15, 0.2) is 40.0 Å². The molecule has 2 aromatic rings. The van der Waals surface area contributed by atoms with Gasteiger partial charge in [-0.1, -0.05) is 36.9 Å². The molecule has 0 aliphatic heterocycles. The van der Waals surface area contributed by atoms with Crippen LogP contribution in [0.5, 0.6) is 0 Å². The van der Waals surface area contributed by atoms with Gasteiger partial charge in [-0.05, 0) is 25.5 Å². The second-order valence-electron chi connectivity index (χ2n) is 4.29. The van der Waals surface area contributed by atoms with Crippen molar-refractivity contribution in [2.24, 2.45) is 0 Å². The average Bonchev–Trinajstić information content (AvgIpc) is 2.94. The Bertz CT molecular complexity index is 557. The van der Waals surface area contributed by atoms with Gasteiger partial charge < -0.3 is 9.73 Å². The summed E-state index contributed by atoms with van der Waals surface area (Å²) in [6.45, 7) is 4.52. The molecule has 0 aliphatic carbocycles. The van der Waals surface area contributed by atoms with Gasteiger partial charge >= 0.3 is 0 Å². The Balaban J connectivity index is 1.98. The standard InChI is InChI=1S/C14H17N3O2S/c1-3-9-15-12(18)10(2)20-14-17-16-13(19-14)11-7-5-4-6-8-11/h4-8,10H,3,9H2,1-2H3,(H,15,18). The molecule has 1 N–H and O–H groups in total. The van der Waals surface area contributed by atoms with Crippen LogP contribution in [0.2, 0.25) is 0 Å². The smallest absolute Gasteiger partial charge is 0.277 e. The number of thioether (sulfide) groups is 1. The number of hydrogen-bond acceptors (Lipinski definition) is 5. The topological polar surface area (TPSA) is 68.0 Å². The maximum Gasteiger partial charge on any atom is 0.277 e. The molecule has 0 fully saturated rings. The van der Waals surface area contributed by atoms with Crippen molar-refractivity contribution >= 4 is 17.7 Å². The van der Waals surface area contributed by atoms with Crippen molar-refractivity contribution in [2.45, 2.75) is 30.7 Å². The zero-order valence-corrected chi connectivity index (χ0v) is 12.3. The zero-order valence-electron chi connectivity index (χ0n) is 11.5. The molecule has 2 rings (SSSR count). The third kappa shape index (κ3) is 3.84. The van der Waals surface area contributed by atoms with Crippen molar-refractivity contribution < 1.29 is 9.21 Å². The van der Waals surface area contributed by atoms with Crippen LogP contribution in [0.1, 0.15) is 20.3 Å². The normalized spacial score (nSPS) is 12.1. The molecule has 1 heterocycles. The molecular weight excluding hydrogens is 274 g/mol. The van der Waals surface area contributed by atoms with Crippen LogP contribution >= 0.6 is 11.8 Å². The summed E-state index contributed by atoms with van der Waals surface area (Å²) in [5.74, 6) is 0.450. The minimum atomic E-state index is -0.259. The van der Waals surface area contributed by atoms with E-state index in [0.717, 1.165) is 12.0 Å². The minimum Gasteiger partial charge on any atom is -0.411 e. The van der Waals surface area contributed by atoms with Crippen molar-refractivity contribution in [1.82, 2.24) is 15.5 Å². The van der Waals surface area contributed by atoms with E-state index in [4.69, 9.17) is 4.42 Å². The number of nitrogens with one attached hydrogen (secondary N) is 1. The highest BCUT2D eigenvalue weighted by Gasteiger charge is 2.18. The summed E-state index contributed by atoms with van der Waals surface area (Å²) in [4.78, 5) is 11.8. The Kier molecular flexibility index (Phi) is 5.17. The fourth-order valence-corrected chi connectivity index (χ4v) is 2.26. The number of hydrogen-bond donors (Lipinski definition) is 1. The molecule has 0 aliphatic rings. The maximum atomic E-state index is 11.8. The van der Waals surface area contributed by atoms with Crippen LogP contribution in [0.3, 0.4) is 0 Å². The van der Waals surface area contributed by atoms with Crippen LogP contribution in [0.25, 0.3) is 11.5 Å². The van der Waals surface area contributed by atoms with E-state index in [1.54, 1.807) is 0 Å². The van der Waals surface area contributed by atoms with Gasteiger partial charge in [0.15, 0.2) is 0 Å². The number of carbonyl (C=O) groups excluding carboxylic acids is 1. The number of rotatable bonds is 6. The summed E-state index contributed by atoms with van der Waals surface area (Å²) in [7, 11) is 0. The number of amides is 1. The highest BCUT2D eigenvalue weighted by Crippen LogP contribution is 2.25. The first-order chi connectivity index (χ1) is 9.70. The van der Waals surface area contributed by atoms with Gasteiger partial charge in [0.2, 0.25) is 11.8 Å². The Morgan fingerprint density at radius 3 is 2.80 bits per heavy atom. The molecule has 0 spiro atoms. The third-order valence-electron chi connectivity index (χ3n) is 2.62. The first-order valence-electron chi connectivity index (χ1n) is 6.54. The maximum absolute atomic E-state index is 11.8. The monoisotopic (exact) mass is 291 g/mol. The average molecular weight is 291 g/mol. The van der Waals surface area contributed by atoms with Crippen molar-refractivity contribution in [3.05, 3.63) is 30.3 Å². The van der Waals surface area contributed by atoms with Crippen molar-refractivity contribution in [3.8, 4) is 11.5 Å². The summed E-state index contributed by atoms with van der Waals surface area (Å²) < 4.78 is 5.56. The minimum absolute atomic E-state index is 0.0173. The summed E-state index contributed by atoms with van der Waals surface area (Å²) in [5, 5.41) is 10.9. The Labute approximate surface area is 122 Å². The van der Waals surface area contributed by atoms with Gasteiger partial charge in [-0.3, -0.25) is 4.79 Å². The van der Waals surface area contributed by atoms with Gasteiger partial charge in [0, 0.05) is 12.1 Å². The predicted molar refractivity (Wildman–Crippen MR) is 78.4 cm³/mol. The van der Waals surface area contributed by atoms with E-state index in [1.165, 1.54) is 11.8 Å². The summed E-state index contributed by atoms with van der Waals surface area (Å²) >= 11 is 1.27. The highest BCUT2D eigenvalue weighted by molar-refractivity contribution is 8.00. The van der Waals surface area contributed by atoms with Crippen LogP contribution in [0, 0.1) is 0 Å². The molecule has 106 valence electrons. The predicted octanol–water partition coefficient (Wildman–Crippen LogP) is 2.74. The first-order valence-corrected chi connectivity index (χ1v) is 7.42. The van der Waals surface area contributed by atoms with Gasteiger partial charge in [-0.2, -0.15) is 0 Å². The lowest BCUT2D eigenvalue weighted by Gasteiger charge is -2.08. The largest absolute Gasteiger partial charge is 0.411 e. The molecule has 1 aromatic heterocycles. The second kappa shape index (κ2) is 7.09. The van der Waals surface area contributed by atoms with Crippen molar-refractivity contribution in [2.75, 3.05) is 6.54 Å². The van der Waals surface area contributed by atoms with Crippen LogP contribution in [-0.4, -0.2) is 27.9 Å². The molecule has 20 heavy (non-hydrogen) atoms. The quantitative estimate of drug-likeness (QED) is 0.829. The molecule has 1 atom stereocenters. The summed E-state index contributed by atoms with van der Waals surface area (Å²) in [6.07, 6.45) is 0.918. The number of carbonyl (C=O) groups is 1. The van der Waals surface area contributed by atoms with Crippen molar-refractivity contribution in [3.63, 3.8) is 0 Å². The molecule has 0 bridgehead atoms. The number of nitrogens with zero attached hydrogens (tertiary/aromatic N) is 2. The molecule has 1 aromatic carbocycles. The van der Waals surface area contributed by atoms with Gasteiger partial charge in [-0.15, -0.1) is 10.2 Å². The fourth-order valence-electron chi connectivity index (χ4n) is 1.55. The van der Waals surface area contributed by atoms with Crippen LogP contribution in [-0.2, 0) is 4.79 Å². The summed E-state index contributed by atoms with van der Waals surface area (Å²) in [5.41, 5.74) is 0.870. The molecule has 6 heteroatoms. The number of benzene rings is 1. The lowest BCUT2D eigenvalue weighted by molar-refractivity contribution is -0.120. The van der Waals surface area contributed by atoms with E-state index in [0.29, 0.717) is 17.7 Å². The van der Waals surface area contributed by atoms with Crippen molar-refractivity contribution in [1.29, 1.82) is 0 Å². The first kappa shape index (κ1) is 14.6. The van der Waals surface area contributed by atoms with Gasteiger partial charge in [0.1, 0.15) is 0 Å². The van der Waals surface area contributed by atoms with Gasteiger partial charge in [0.25, 0.3) is 5.22 Å². The molecule has 0 radical (unpaired) electrons. The summed E-state index contributed by atoms with van der Waals surface area (Å²) in [6, 6.07) is 9.55. The molecule has 1 amide bonds. The Morgan fingerprint density at radius 2 is 2.10 bits per heavy atom. The van der Waals surface area contributed by atoms with E-state index in [2.05, 4.69) is 15.5 Å². The second-order valence-corrected chi connectivity index (χ2v) is 5.58. The third-order valence-corrected chi connectivity index (χ3v) is 3.56. The van der Waals surface area contributed by atoms with E-state index in [1.807, 2.05) is 44.2 Å². The molecule has 0 saturated heterocycles. The van der Waals surface area contributed by atoms with E-state index in [-0.39, 0.29) is 11.2 Å². The fraction of sp³-hybridized carbons (Fsp3) is 0.357. The van der Waals surface area contributed by atoms with Crippen LogP contribution in [0.4, 0.5) is 0 Å². The molecular formula is C14H17N3O2S. The van der Waals surface area contributed by atoms with Gasteiger partial charge in [-0.25, -0.2) is 0 Å². The lowest BCUT2D eigenvalue weighted by Crippen LogP contribution is -2.31. The van der Waals surface area contributed by atoms with E-state index in [9.17, 15) is 4.79 Å². The highest BCUT2D eigenvalue weighted by atomic mass is 32.2. The molecule has 1 unspecified atom stereocenters. The van der Waals surface area contributed by atoms with Crippen LogP contribution < -0.4 is 5.32 Å². The van der Waals surface area contributed by atoms with E-state index >= 15 is 0 Å². The lowest BCUT2D eigenvalue weighted by atomic mass is 10.2. The molecule has 0 saturated carbocycles. The Hall–Kier alpha value is -1.82. The zero-order chi connectivity index (χ0) is 14.4. The van der Waals surface area contributed by atoms with Gasteiger partial charge in [0.05, 0.1) is 5.25 Å². The number of aromatic nitrogens is 2. The van der Waals surface area contributed by atoms with E-state index < -0.39 is 0 Å². The Morgan fingerprint density at radius 1 is 1.35 bits per heavy atom. The molecule has 5 nitrogen and oxygen atoms in total.